The van der Waals surface area contributed by atoms with Crippen LogP contribution in [0.25, 0.3) is 0 Å². The molecule has 0 amide bonds. The highest BCUT2D eigenvalue weighted by atomic mass is 32.2. The number of carboxylic acids is 1. The summed E-state index contributed by atoms with van der Waals surface area (Å²) in [5, 5.41) is 39.6. The average molecular weight is 521 g/mol. The van der Waals surface area contributed by atoms with Gasteiger partial charge < -0.3 is 44.4 Å². The largest absolute Gasteiger partial charge is 0.497 e. The van der Waals surface area contributed by atoms with Crippen molar-refractivity contribution in [3.8, 4) is 11.5 Å². The van der Waals surface area contributed by atoms with Gasteiger partial charge in [0.05, 0.1) is 18.5 Å². The molecule has 36 heavy (non-hydrogen) atoms. The second kappa shape index (κ2) is 10.8. The number of fused-ring (bicyclic) bond motifs is 2. The van der Waals surface area contributed by atoms with Crippen molar-refractivity contribution in [3.63, 3.8) is 0 Å². The molecular weight excluding hydrogens is 488 g/mol. The number of carbonyl (C=O) groups is 1. The summed E-state index contributed by atoms with van der Waals surface area (Å²) in [6.07, 6.45) is -8.33. The van der Waals surface area contributed by atoms with Gasteiger partial charge in [-0.25, -0.2) is 4.79 Å². The number of hydrogen-bond acceptors (Lipinski definition) is 10. The van der Waals surface area contributed by atoms with E-state index in [4.69, 9.17) is 14.2 Å². The Balaban J connectivity index is 1.63. The number of hydrogen-bond donors (Lipinski definition) is 4. The van der Waals surface area contributed by atoms with E-state index in [2.05, 4.69) is 16.7 Å². The lowest BCUT2D eigenvalue weighted by atomic mass is 9.99. The Morgan fingerprint density at radius 3 is 2.44 bits per heavy atom. The molecule has 0 aliphatic carbocycles. The van der Waals surface area contributed by atoms with Gasteiger partial charge in [0.2, 0.25) is 6.29 Å². The van der Waals surface area contributed by atoms with E-state index in [9.17, 15) is 25.2 Å². The average Bonchev–Trinajstić information content (AvgIpc) is 2.83. The number of rotatable bonds is 8. The predicted octanol–water partition coefficient (Wildman–Crippen LogP) is 1.77. The molecule has 0 aromatic heterocycles. The number of aliphatic hydroxyl groups is 3. The highest BCUT2D eigenvalue weighted by Crippen LogP contribution is 2.50. The summed E-state index contributed by atoms with van der Waals surface area (Å²) in [6.45, 7) is 3.87. The molecule has 1 fully saturated rings. The van der Waals surface area contributed by atoms with Crippen LogP contribution in [0.5, 0.6) is 11.5 Å². The molecule has 0 spiro atoms. The van der Waals surface area contributed by atoms with Gasteiger partial charge in [-0.05, 0) is 50.3 Å². The van der Waals surface area contributed by atoms with Crippen molar-refractivity contribution in [2.24, 2.45) is 5.92 Å². The minimum absolute atomic E-state index is 0.330. The van der Waals surface area contributed by atoms with Crippen LogP contribution in [-0.4, -0.2) is 96.3 Å². The number of benzene rings is 2. The fourth-order valence-corrected chi connectivity index (χ4v) is 5.62. The molecule has 1 saturated heterocycles. The van der Waals surface area contributed by atoms with E-state index < -0.39 is 36.7 Å². The maximum absolute atomic E-state index is 11.4. The normalized spacial score (nSPS) is 26.2. The van der Waals surface area contributed by atoms with Crippen LogP contribution in [0.2, 0.25) is 0 Å². The molecule has 2 heterocycles. The molecule has 4 N–H and O–H groups in total. The van der Waals surface area contributed by atoms with E-state index in [0.29, 0.717) is 11.7 Å². The molecule has 0 radical (unpaired) electrons. The first-order chi connectivity index (χ1) is 17.1. The monoisotopic (exact) mass is 520 g/mol. The van der Waals surface area contributed by atoms with Gasteiger partial charge in [-0.3, -0.25) is 0 Å². The summed E-state index contributed by atoms with van der Waals surface area (Å²) in [6, 6.07) is 11.3. The highest BCUT2D eigenvalue weighted by Gasteiger charge is 2.48. The maximum atomic E-state index is 11.4. The Hall–Kier alpha value is -2.54. The van der Waals surface area contributed by atoms with Crippen LogP contribution in [0.3, 0.4) is 0 Å². The smallest absolute Gasteiger partial charge is 0.335 e. The molecular formula is C25H32N2O8S. The number of anilines is 2. The molecule has 4 rings (SSSR count). The Morgan fingerprint density at radius 2 is 1.78 bits per heavy atom. The molecule has 0 bridgehead atoms. The van der Waals surface area contributed by atoms with Crippen molar-refractivity contribution in [2.45, 2.75) is 47.4 Å². The minimum atomic E-state index is -1.78. The van der Waals surface area contributed by atoms with Gasteiger partial charge in [0, 0.05) is 28.9 Å². The van der Waals surface area contributed by atoms with Gasteiger partial charge in [0.15, 0.2) is 6.10 Å². The second-order valence-electron chi connectivity index (χ2n) is 9.40. The molecule has 11 heteroatoms. The first-order valence-electron chi connectivity index (χ1n) is 11.6. The fraction of sp³-hybridized carbons (Fsp3) is 0.480. The lowest BCUT2D eigenvalue weighted by Gasteiger charge is -2.39. The zero-order valence-electron chi connectivity index (χ0n) is 20.6. The summed E-state index contributed by atoms with van der Waals surface area (Å²) in [4.78, 5) is 17.7. The first-order valence-corrected chi connectivity index (χ1v) is 12.4. The maximum Gasteiger partial charge on any atom is 0.335 e. The lowest BCUT2D eigenvalue weighted by Crippen LogP contribution is -2.61. The predicted molar refractivity (Wildman–Crippen MR) is 133 cm³/mol. The van der Waals surface area contributed by atoms with Gasteiger partial charge in [0.1, 0.15) is 29.8 Å². The van der Waals surface area contributed by atoms with Crippen molar-refractivity contribution in [1.29, 1.82) is 0 Å². The van der Waals surface area contributed by atoms with E-state index in [-0.39, 0.29) is 0 Å². The summed E-state index contributed by atoms with van der Waals surface area (Å²) in [7, 11) is 5.73. The third-order valence-corrected chi connectivity index (χ3v) is 7.25. The number of ether oxygens (including phenoxy) is 3. The van der Waals surface area contributed by atoms with Gasteiger partial charge in [-0.1, -0.05) is 18.7 Å². The Labute approximate surface area is 214 Å². The SMILES string of the molecule is COc1ccc2c(c1)N(C[C@H](C)CN(C)C)c1ccc(O[C@@H]3O[C@H](C(=O)O)[C@@H](O)[C@H](O)[C@H]3O)cc1S2. The van der Waals surface area contributed by atoms with E-state index in [1.54, 1.807) is 31.0 Å². The molecule has 2 aliphatic rings. The van der Waals surface area contributed by atoms with Gasteiger partial charge in [-0.15, -0.1) is 0 Å². The minimum Gasteiger partial charge on any atom is -0.497 e. The number of aliphatic hydroxyl groups excluding tert-OH is 3. The van der Waals surface area contributed by atoms with Crippen LogP contribution in [-0.2, 0) is 9.53 Å². The Kier molecular flexibility index (Phi) is 7.98. The molecule has 2 aromatic rings. The molecule has 196 valence electrons. The standard InChI is InChI=1S/C25H32N2O8S/c1-13(11-26(2)3)12-27-16-7-5-15(10-19(16)36-18-8-6-14(33-4)9-17(18)27)34-25-22(30)20(28)21(29)23(35-25)24(31)32/h5-10,13,20-23,25,28-30H,11-12H2,1-4H3,(H,31,32)/t13-,20+,21+,22-,23+,25-/m1/s1. The Morgan fingerprint density at radius 1 is 1.06 bits per heavy atom. The number of methoxy groups -OCH3 is 1. The van der Waals surface area contributed by atoms with Crippen molar-refractivity contribution in [1.82, 2.24) is 4.90 Å². The summed E-state index contributed by atoms with van der Waals surface area (Å²) in [5.41, 5.74) is 2.02. The van der Waals surface area contributed by atoms with Crippen LogP contribution in [0.1, 0.15) is 6.92 Å². The molecule has 0 saturated carbocycles. The zero-order chi connectivity index (χ0) is 26.1. The van der Waals surface area contributed by atoms with Crippen LogP contribution in [0.4, 0.5) is 11.4 Å². The second-order valence-corrected chi connectivity index (χ2v) is 10.5. The quantitative estimate of drug-likeness (QED) is 0.406. The molecule has 10 nitrogen and oxygen atoms in total. The zero-order valence-corrected chi connectivity index (χ0v) is 21.4. The third kappa shape index (κ3) is 5.41. The first kappa shape index (κ1) is 26.5. The number of carboxylic acid groups (broad SMARTS) is 1. The highest BCUT2D eigenvalue weighted by molar-refractivity contribution is 7.99. The number of aliphatic carboxylic acids is 1. The molecule has 2 aromatic carbocycles. The van der Waals surface area contributed by atoms with Gasteiger partial charge in [0.25, 0.3) is 0 Å². The van der Waals surface area contributed by atoms with Crippen LogP contribution in [0.15, 0.2) is 46.2 Å². The van der Waals surface area contributed by atoms with Crippen LogP contribution in [0, 0.1) is 5.92 Å². The van der Waals surface area contributed by atoms with E-state index in [1.807, 2.05) is 38.4 Å². The van der Waals surface area contributed by atoms with Crippen molar-refractivity contribution >= 4 is 29.1 Å². The molecule has 6 atom stereocenters. The molecule has 0 unspecified atom stereocenters. The number of nitrogens with zero attached hydrogens (tertiary/aromatic N) is 2. The molecule has 2 aliphatic heterocycles. The Bertz CT molecular complexity index is 1100. The van der Waals surface area contributed by atoms with E-state index in [1.165, 1.54) is 0 Å². The van der Waals surface area contributed by atoms with Gasteiger partial charge in [-0.2, -0.15) is 0 Å². The summed E-state index contributed by atoms with van der Waals surface area (Å²) >= 11 is 1.56. The van der Waals surface area contributed by atoms with E-state index in [0.717, 1.165) is 40.0 Å². The van der Waals surface area contributed by atoms with Crippen LogP contribution < -0.4 is 14.4 Å². The topological polar surface area (TPSA) is 132 Å². The summed E-state index contributed by atoms with van der Waals surface area (Å²) in [5.74, 6) is -0.00777. The lowest BCUT2D eigenvalue weighted by molar-refractivity contribution is -0.271. The third-order valence-electron chi connectivity index (χ3n) is 6.14. The summed E-state index contributed by atoms with van der Waals surface area (Å²) < 4.78 is 16.5. The fourth-order valence-electron chi connectivity index (χ4n) is 4.52. The van der Waals surface area contributed by atoms with Crippen molar-refractivity contribution in [3.05, 3.63) is 36.4 Å². The van der Waals surface area contributed by atoms with Crippen molar-refractivity contribution < 1.29 is 39.4 Å². The van der Waals surface area contributed by atoms with Crippen molar-refractivity contribution in [2.75, 3.05) is 39.2 Å². The van der Waals surface area contributed by atoms with Gasteiger partial charge >= 0.3 is 5.97 Å². The van der Waals surface area contributed by atoms with Crippen LogP contribution >= 0.6 is 11.8 Å². The van der Waals surface area contributed by atoms with E-state index >= 15 is 0 Å².